The van der Waals surface area contributed by atoms with Crippen LogP contribution in [-0.4, -0.2) is 29.7 Å². The average Bonchev–Trinajstić information content (AvgIpc) is 2.68. The highest BCUT2D eigenvalue weighted by atomic mass is 16.2. The first-order valence-corrected chi connectivity index (χ1v) is 9.11. The van der Waals surface area contributed by atoms with Crippen molar-refractivity contribution < 1.29 is 9.59 Å². The third kappa shape index (κ3) is 5.02. The molecule has 1 saturated heterocycles. The number of hydrogen-bond donors (Lipinski definition) is 0. The largest absolute Gasteiger partial charge is 0.342 e. The van der Waals surface area contributed by atoms with Crippen LogP contribution in [0.5, 0.6) is 0 Å². The predicted molar refractivity (Wildman–Crippen MR) is 99.2 cm³/mol. The lowest BCUT2D eigenvalue weighted by molar-refractivity contribution is -0.134. The van der Waals surface area contributed by atoms with Gasteiger partial charge in [-0.25, -0.2) is 0 Å². The summed E-state index contributed by atoms with van der Waals surface area (Å²) in [6, 6.07) is 19.9. The first-order chi connectivity index (χ1) is 12.2. The summed E-state index contributed by atoms with van der Waals surface area (Å²) in [7, 11) is 0. The lowest BCUT2D eigenvalue weighted by atomic mass is 9.90. The summed E-state index contributed by atoms with van der Waals surface area (Å²) in [6.07, 6.45) is 3.60. The molecule has 25 heavy (non-hydrogen) atoms. The van der Waals surface area contributed by atoms with Gasteiger partial charge in [-0.3, -0.25) is 9.59 Å². The van der Waals surface area contributed by atoms with E-state index in [1.54, 1.807) is 0 Å². The van der Waals surface area contributed by atoms with Gasteiger partial charge in [-0.1, -0.05) is 60.7 Å². The second kappa shape index (κ2) is 8.61. The van der Waals surface area contributed by atoms with Crippen molar-refractivity contribution in [2.24, 2.45) is 5.92 Å². The number of carbonyl (C=O) groups is 2. The van der Waals surface area contributed by atoms with Crippen LogP contribution in [0.2, 0.25) is 0 Å². The molecule has 0 spiro atoms. The van der Waals surface area contributed by atoms with Crippen molar-refractivity contribution in [3.63, 3.8) is 0 Å². The number of hydrogen-bond acceptors (Lipinski definition) is 2. The van der Waals surface area contributed by atoms with E-state index >= 15 is 0 Å². The third-order valence-electron chi connectivity index (χ3n) is 4.93. The Bertz CT molecular complexity index is 696. The van der Waals surface area contributed by atoms with Gasteiger partial charge in [0.1, 0.15) is 5.78 Å². The van der Waals surface area contributed by atoms with Crippen molar-refractivity contribution in [1.29, 1.82) is 0 Å². The van der Waals surface area contributed by atoms with Gasteiger partial charge >= 0.3 is 0 Å². The molecule has 0 aliphatic carbocycles. The summed E-state index contributed by atoms with van der Waals surface area (Å²) in [5.74, 6) is 0.421. The number of nitrogens with zero attached hydrogens (tertiary/aromatic N) is 1. The van der Waals surface area contributed by atoms with Gasteiger partial charge in [0, 0.05) is 25.4 Å². The molecule has 1 heterocycles. The Morgan fingerprint density at radius 1 is 0.920 bits per heavy atom. The normalized spacial score (nSPS) is 17.3. The summed E-state index contributed by atoms with van der Waals surface area (Å²) < 4.78 is 0. The van der Waals surface area contributed by atoms with E-state index in [1.165, 1.54) is 5.56 Å². The summed E-state index contributed by atoms with van der Waals surface area (Å²) >= 11 is 0. The Labute approximate surface area is 149 Å². The number of benzene rings is 2. The Hall–Kier alpha value is -2.42. The van der Waals surface area contributed by atoms with Gasteiger partial charge in [-0.15, -0.1) is 0 Å². The highest BCUT2D eigenvalue weighted by Crippen LogP contribution is 2.20. The molecule has 0 aromatic heterocycles. The van der Waals surface area contributed by atoms with Crippen molar-refractivity contribution >= 4 is 11.7 Å². The maximum Gasteiger partial charge on any atom is 0.227 e. The number of carbonyl (C=O) groups excluding carboxylic acids is 2. The summed E-state index contributed by atoms with van der Waals surface area (Å²) in [4.78, 5) is 27.0. The van der Waals surface area contributed by atoms with Crippen molar-refractivity contribution in [3.8, 4) is 0 Å². The molecule has 0 bridgehead atoms. The molecule has 1 amide bonds. The van der Waals surface area contributed by atoms with Crippen LogP contribution in [0, 0.1) is 5.92 Å². The smallest absolute Gasteiger partial charge is 0.227 e. The minimum absolute atomic E-state index is 0.00261. The molecule has 1 aliphatic heterocycles. The second-order valence-corrected chi connectivity index (χ2v) is 6.79. The molecule has 1 atom stereocenters. The summed E-state index contributed by atoms with van der Waals surface area (Å²) in [6.45, 7) is 1.35. The Morgan fingerprint density at radius 3 is 2.24 bits per heavy atom. The molecule has 130 valence electrons. The van der Waals surface area contributed by atoms with Crippen LogP contribution in [0.3, 0.4) is 0 Å². The fraction of sp³-hybridized carbons (Fsp3) is 0.364. The van der Waals surface area contributed by atoms with Gasteiger partial charge in [-0.05, 0) is 30.4 Å². The molecule has 1 unspecified atom stereocenters. The quantitative estimate of drug-likeness (QED) is 0.808. The number of amides is 1. The van der Waals surface area contributed by atoms with Gasteiger partial charge in [0.15, 0.2) is 0 Å². The molecule has 1 fully saturated rings. The molecule has 2 aromatic rings. The fourth-order valence-corrected chi connectivity index (χ4v) is 3.47. The zero-order valence-corrected chi connectivity index (χ0v) is 14.6. The van der Waals surface area contributed by atoms with Gasteiger partial charge in [0.05, 0.1) is 6.42 Å². The SMILES string of the molecule is O=C(CCc1ccccc1)C1CCCN(C(=O)Cc2ccccc2)C1. The van der Waals surface area contributed by atoms with Crippen molar-refractivity contribution in [1.82, 2.24) is 4.90 Å². The van der Waals surface area contributed by atoms with E-state index in [2.05, 4.69) is 12.1 Å². The van der Waals surface area contributed by atoms with Crippen molar-refractivity contribution in [2.45, 2.75) is 32.1 Å². The van der Waals surface area contributed by atoms with Crippen molar-refractivity contribution in [2.75, 3.05) is 13.1 Å². The number of ketones is 1. The number of Topliss-reactive ketones (excluding diaryl/α,β-unsaturated/α-hetero) is 1. The number of rotatable bonds is 6. The zero-order chi connectivity index (χ0) is 17.5. The number of aryl methyl sites for hydroxylation is 1. The Morgan fingerprint density at radius 2 is 1.56 bits per heavy atom. The predicted octanol–water partition coefficient (Wildman–Crippen LogP) is 3.67. The van der Waals surface area contributed by atoms with Crippen LogP contribution in [0.15, 0.2) is 60.7 Å². The molecular formula is C22H25NO2. The van der Waals surface area contributed by atoms with Crippen LogP contribution in [0.1, 0.15) is 30.4 Å². The molecule has 0 N–H and O–H groups in total. The van der Waals surface area contributed by atoms with E-state index in [9.17, 15) is 9.59 Å². The lowest BCUT2D eigenvalue weighted by Gasteiger charge is -2.32. The highest BCUT2D eigenvalue weighted by molar-refractivity contribution is 5.83. The Balaban J connectivity index is 1.51. The minimum Gasteiger partial charge on any atom is -0.342 e. The molecule has 0 saturated carbocycles. The zero-order valence-electron chi connectivity index (χ0n) is 14.6. The monoisotopic (exact) mass is 335 g/mol. The maximum atomic E-state index is 12.6. The van der Waals surface area contributed by atoms with Gasteiger partial charge in [0.2, 0.25) is 5.91 Å². The van der Waals surface area contributed by atoms with Crippen LogP contribution < -0.4 is 0 Å². The van der Waals surface area contributed by atoms with E-state index in [0.717, 1.165) is 31.4 Å². The molecule has 0 radical (unpaired) electrons. The lowest BCUT2D eigenvalue weighted by Crippen LogP contribution is -2.43. The summed E-state index contributed by atoms with van der Waals surface area (Å²) in [5.41, 5.74) is 2.23. The average molecular weight is 335 g/mol. The van der Waals surface area contributed by atoms with Crippen molar-refractivity contribution in [3.05, 3.63) is 71.8 Å². The molecule has 2 aromatic carbocycles. The number of likely N-dealkylation sites (tertiary alicyclic amines) is 1. The summed E-state index contributed by atoms with van der Waals surface area (Å²) in [5, 5.41) is 0. The van der Waals surface area contributed by atoms with Gasteiger partial charge in [0.25, 0.3) is 0 Å². The van der Waals surface area contributed by atoms with E-state index in [4.69, 9.17) is 0 Å². The van der Waals surface area contributed by atoms with Crippen LogP contribution in [0.25, 0.3) is 0 Å². The molecule has 3 nitrogen and oxygen atoms in total. The van der Waals surface area contributed by atoms with Crippen LogP contribution >= 0.6 is 0 Å². The van der Waals surface area contributed by atoms with Gasteiger partial charge < -0.3 is 4.90 Å². The van der Waals surface area contributed by atoms with Gasteiger partial charge in [-0.2, -0.15) is 0 Å². The second-order valence-electron chi connectivity index (χ2n) is 6.79. The standard InChI is InChI=1S/C22H25NO2/c24-21(14-13-18-8-3-1-4-9-18)20-12-7-15-23(17-20)22(25)16-19-10-5-2-6-11-19/h1-6,8-11,20H,7,12-17H2. The van der Waals surface area contributed by atoms with E-state index < -0.39 is 0 Å². The number of piperidine rings is 1. The van der Waals surface area contributed by atoms with E-state index in [0.29, 0.717) is 25.2 Å². The van der Waals surface area contributed by atoms with Crippen LogP contribution in [0.4, 0.5) is 0 Å². The first kappa shape index (κ1) is 17.4. The molecular weight excluding hydrogens is 310 g/mol. The highest BCUT2D eigenvalue weighted by Gasteiger charge is 2.27. The van der Waals surface area contributed by atoms with E-state index in [-0.39, 0.29) is 11.8 Å². The topological polar surface area (TPSA) is 37.4 Å². The maximum absolute atomic E-state index is 12.6. The fourth-order valence-electron chi connectivity index (χ4n) is 3.47. The Kier molecular flexibility index (Phi) is 5.99. The van der Waals surface area contributed by atoms with E-state index in [1.807, 2.05) is 53.4 Å². The molecule has 1 aliphatic rings. The first-order valence-electron chi connectivity index (χ1n) is 9.11. The molecule has 3 heteroatoms. The molecule has 3 rings (SSSR count). The third-order valence-corrected chi connectivity index (χ3v) is 4.93. The van der Waals surface area contributed by atoms with Crippen LogP contribution in [-0.2, 0) is 22.4 Å². The minimum atomic E-state index is -0.00261.